The highest BCUT2D eigenvalue weighted by Crippen LogP contribution is 2.22. The summed E-state index contributed by atoms with van der Waals surface area (Å²) in [4.78, 5) is 4.21. The van der Waals surface area contributed by atoms with Crippen molar-refractivity contribution in [2.75, 3.05) is 14.2 Å². The van der Waals surface area contributed by atoms with Gasteiger partial charge < -0.3 is 4.74 Å². The van der Waals surface area contributed by atoms with Crippen LogP contribution in [0.4, 0.5) is 0 Å². The average molecular weight is 153 g/mol. The molecule has 2 heteroatoms. The Kier molecular flexibility index (Phi) is 2.69. The summed E-state index contributed by atoms with van der Waals surface area (Å²) in [5.74, 6) is 1.11. The van der Waals surface area contributed by atoms with Crippen LogP contribution in [0.25, 0.3) is 0 Å². The first-order valence-corrected chi connectivity index (χ1v) is 3.99. The standard InChI is InChI=1S/C9H15NO/c1-7-8(10-2)5-4-6-9(7)11-3/h4-6H2,1-3H3. The summed E-state index contributed by atoms with van der Waals surface area (Å²) in [6, 6.07) is 0. The zero-order valence-corrected chi connectivity index (χ0v) is 7.48. The van der Waals surface area contributed by atoms with Crippen molar-refractivity contribution in [3.05, 3.63) is 11.3 Å². The van der Waals surface area contributed by atoms with Crippen molar-refractivity contribution in [1.29, 1.82) is 0 Å². The third-order valence-corrected chi connectivity index (χ3v) is 2.18. The Morgan fingerprint density at radius 3 is 2.64 bits per heavy atom. The Morgan fingerprint density at radius 1 is 1.36 bits per heavy atom. The topological polar surface area (TPSA) is 21.6 Å². The summed E-state index contributed by atoms with van der Waals surface area (Å²) < 4.78 is 5.23. The zero-order valence-electron chi connectivity index (χ0n) is 7.48. The van der Waals surface area contributed by atoms with Crippen LogP contribution in [0, 0.1) is 0 Å². The molecule has 0 fully saturated rings. The molecule has 0 spiro atoms. The first-order valence-electron chi connectivity index (χ1n) is 3.99. The summed E-state index contributed by atoms with van der Waals surface area (Å²) in [6.07, 6.45) is 3.35. The molecule has 2 nitrogen and oxygen atoms in total. The highest BCUT2D eigenvalue weighted by Gasteiger charge is 2.14. The number of nitrogens with zero attached hydrogens (tertiary/aromatic N) is 1. The smallest absolute Gasteiger partial charge is 0.100 e. The van der Waals surface area contributed by atoms with E-state index in [1.807, 2.05) is 7.05 Å². The van der Waals surface area contributed by atoms with E-state index in [4.69, 9.17) is 4.74 Å². The Morgan fingerprint density at radius 2 is 2.09 bits per heavy atom. The molecule has 11 heavy (non-hydrogen) atoms. The molecule has 0 saturated heterocycles. The number of aliphatic imine (C=N–C) groups is 1. The van der Waals surface area contributed by atoms with Crippen molar-refractivity contribution in [3.8, 4) is 0 Å². The van der Waals surface area contributed by atoms with E-state index in [0.717, 1.165) is 18.6 Å². The van der Waals surface area contributed by atoms with Gasteiger partial charge in [0.1, 0.15) is 5.76 Å². The molecular weight excluding hydrogens is 138 g/mol. The van der Waals surface area contributed by atoms with Crippen LogP contribution < -0.4 is 0 Å². The minimum absolute atomic E-state index is 1.07. The van der Waals surface area contributed by atoms with E-state index in [9.17, 15) is 0 Å². The highest BCUT2D eigenvalue weighted by molar-refractivity contribution is 6.00. The summed E-state index contributed by atoms with van der Waals surface area (Å²) >= 11 is 0. The molecule has 0 N–H and O–H groups in total. The monoisotopic (exact) mass is 153 g/mol. The molecule has 1 rings (SSSR count). The number of hydrogen-bond acceptors (Lipinski definition) is 2. The van der Waals surface area contributed by atoms with Crippen LogP contribution in [0.3, 0.4) is 0 Å². The van der Waals surface area contributed by atoms with E-state index in [1.54, 1.807) is 7.11 Å². The first kappa shape index (κ1) is 8.31. The third-order valence-electron chi connectivity index (χ3n) is 2.18. The van der Waals surface area contributed by atoms with Crippen molar-refractivity contribution < 1.29 is 4.74 Å². The number of rotatable bonds is 1. The maximum Gasteiger partial charge on any atom is 0.100 e. The lowest BCUT2D eigenvalue weighted by molar-refractivity contribution is 0.270. The van der Waals surface area contributed by atoms with Gasteiger partial charge in [-0.05, 0) is 19.8 Å². The van der Waals surface area contributed by atoms with Crippen molar-refractivity contribution >= 4 is 5.71 Å². The minimum atomic E-state index is 1.07. The van der Waals surface area contributed by atoms with E-state index in [-0.39, 0.29) is 0 Å². The fourth-order valence-electron chi connectivity index (χ4n) is 1.49. The molecule has 0 amide bonds. The summed E-state index contributed by atoms with van der Waals surface area (Å²) in [7, 11) is 3.58. The summed E-state index contributed by atoms with van der Waals surface area (Å²) in [5, 5.41) is 0. The second kappa shape index (κ2) is 3.56. The molecule has 1 aliphatic carbocycles. The van der Waals surface area contributed by atoms with Crippen LogP contribution in [-0.4, -0.2) is 19.9 Å². The Balaban J connectivity index is 2.89. The fraction of sp³-hybridized carbons (Fsp3) is 0.667. The van der Waals surface area contributed by atoms with Crippen LogP contribution in [0.1, 0.15) is 26.2 Å². The lowest BCUT2D eigenvalue weighted by Gasteiger charge is -2.17. The predicted molar refractivity (Wildman–Crippen MR) is 46.9 cm³/mol. The zero-order chi connectivity index (χ0) is 8.27. The second-order valence-corrected chi connectivity index (χ2v) is 2.78. The molecule has 0 bridgehead atoms. The molecule has 62 valence electrons. The van der Waals surface area contributed by atoms with E-state index < -0.39 is 0 Å². The normalized spacial score (nSPS) is 22.6. The van der Waals surface area contributed by atoms with Gasteiger partial charge >= 0.3 is 0 Å². The van der Waals surface area contributed by atoms with Crippen LogP contribution in [0.5, 0.6) is 0 Å². The molecule has 0 saturated carbocycles. The van der Waals surface area contributed by atoms with Crippen LogP contribution >= 0.6 is 0 Å². The maximum atomic E-state index is 5.23. The predicted octanol–water partition coefficient (Wildman–Crippen LogP) is 2.16. The highest BCUT2D eigenvalue weighted by atomic mass is 16.5. The number of allylic oxidation sites excluding steroid dienone is 2. The quantitative estimate of drug-likeness (QED) is 0.565. The lowest BCUT2D eigenvalue weighted by atomic mass is 9.97. The van der Waals surface area contributed by atoms with Crippen LogP contribution in [0.15, 0.2) is 16.3 Å². The van der Waals surface area contributed by atoms with Crippen molar-refractivity contribution in [2.24, 2.45) is 4.99 Å². The molecular formula is C9H15NO. The number of methoxy groups -OCH3 is 1. The van der Waals surface area contributed by atoms with E-state index in [2.05, 4.69) is 11.9 Å². The van der Waals surface area contributed by atoms with Gasteiger partial charge in [-0.2, -0.15) is 0 Å². The van der Waals surface area contributed by atoms with E-state index in [1.165, 1.54) is 17.7 Å². The van der Waals surface area contributed by atoms with Gasteiger partial charge in [-0.25, -0.2) is 0 Å². The fourth-order valence-corrected chi connectivity index (χ4v) is 1.49. The van der Waals surface area contributed by atoms with Crippen molar-refractivity contribution in [1.82, 2.24) is 0 Å². The molecule has 0 radical (unpaired) electrons. The van der Waals surface area contributed by atoms with Gasteiger partial charge in [-0.15, -0.1) is 0 Å². The van der Waals surface area contributed by atoms with Gasteiger partial charge in [0.15, 0.2) is 0 Å². The molecule has 1 aliphatic rings. The van der Waals surface area contributed by atoms with E-state index in [0.29, 0.717) is 0 Å². The molecule has 0 heterocycles. The average Bonchev–Trinajstić information content (AvgIpc) is 2.05. The van der Waals surface area contributed by atoms with E-state index >= 15 is 0 Å². The number of ether oxygens (including phenoxy) is 1. The Hall–Kier alpha value is -0.790. The Labute approximate surface area is 68.0 Å². The molecule has 0 aliphatic heterocycles. The molecule has 0 aromatic heterocycles. The Bertz CT molecular complexity index is 204. The third kappa shape index (κ3) is 1.62. The van der Waals surface area contributed by atoms with Gasteiger partial charge in [0, 0.05) is 24.8 Å². The lowest BCUT2D eigenvalue weighted by Crippen LogP contribution is -2.10. The van der Waals surface area contributed by atoms with Gasteiger partial charge in [-0.1, -0.05) is 0 Å². The molecule has 0 aromatic rings. The summed E-state index contributed by atoms with van der Waals surface area (Å²) in [6.45, 7) is 2.08. The largest absolute Gasteiger partial charge is 0.501 e. The first-order chi connectivity index (χ1) is 5.29. The summed E-state index contributed by atoms with van der Waals surface area (Å²) in [5.41, 5.74) is 2.44. The minimum Gasteiger partial charge on any atom is -0.501 e. The van der Waals surface area contributed by atoms with Gasteiger partial charge in [0.2, 0.25) is 0 Å². The van der Waals surface area contributed by atoms with Gasteiger partial charge in [0.25, 0.3) is 0 Å². The van der Waals surface area contributed by atoms with Crippen LogP contribution in [0.2, 0.25) is 0 Å². The van der Waals surface area contributed by atoms with Crippen LogP contribution in [-0.2, 0) is 4.74 Å². The van der Waals surface area contributed by atoms with Crippen molar-refractivity contribution in [2.45, 2.75) is 26.2 Å². The molecule has 0 unspecified atom stereocenters. The number of hydrogen-bond donors (Lipinski definition) is 0. The SMILES string of the molecule is CN=C1CCCC(OC)=C1C. The molecule has 0 aromatic carbocycles. The second-order valence-electron chi connectivity index (χ2n) is 2.78. The maximum absolute atomic E-state index is 5.23. The van der Waals surface area contributed by atoms with Gasteiger partial charge in [-0.3, -0.25) is 4.99 Å². The molecule has 0 atom stereocenters. The van der Waals surface area contributed by atoms with Crippen molar-refractivity contribution in [3.63, 3.8) is 0 Å². The van der Waals surface area contributed by atoms with Gasteiger partial charge in [0.05, 0.1) is 7.11 Å².